The molecule has 2 atom stereocenters. The number of rotatable bonds is 4. The van der Waals surface area contributed by atoms with E-state index in [1.807, 2.05) is 24.8 Å². The first-order valence-electron chi connectivity index (χ1n) is 6.89. The second-order valence-corrected chi connectivity index (χ2v) is 5.65. The van der Waals surface area contributed by atoms with E-state index in [-0.39, 0.29) is 10.8 Å². The smallest absolute Gasteiger partial charge is 0.142 e. The van der Waals surface area contributed by atoms with Crippen LogP contribution >= 0.6 is 11.6 Å². The first-order valence-corrected chi connectivity index (χ1v) is 7.26. The number of nitrogens with zero attached hydrogens (tertiary/aromatic N) is 2. The molecule has 0 aliphatic heterocycles. The lowest BCUT2D eigenvalue weighted by molar-refractivity contribution is 0.390. The van der Waals surface area contributed by atoms with Gasteiger partial charge in [0.1, 0.15) is 5.82 Å². The fourth-order valence-corrected chi connectivity index (χ4v) is 3.02. The molecule has 3 nitrogen and oxygen atoms in total. The molecule has 1 heterocycles. The SMILES string of the molecule is Fc1cc(CNC2CCCC2n2ccnc2)ccc1Cl. The quantitative estimate of drug-likeness (QED) is 0.934. The van der Waals surface area contributed by atoms with Crippen LogP contribution in [0.1, 0.15) is 30.9 Å². The third-order valence-electron chi connectivity index (χ3n) is 3.94. The molecule has 2 unspecified atom stereocenters. The maximum atomic E-state index is 13.4. The van der Waals surface area contributed by atoms with Gasteiger partial charge in [0, 0.05) is 31.0 Å². The van der Waals surface area contributed by atoms with Crippen LogP contribution < -0.4 is 5.32 Å². The monoisotopic (exact) mass is 293 g/mol. The van der Waals surface area contributed by atoms with Crippen LogP contribution in [-0.2, 0) is 6.54 Å². The second-order valence-electron chi connectivity index (χ2n) is 5.24. The van der Waals surface area contributed by atoms with Crippen molar-refractivity contribution in [2.75, 3.05) is 0 Å². The molecule has 0 saturated heterocycles. The highest BCUT2D eigenvalue weighted by atomic mass is 35.5. The van der Waals surface area contributed by atoms with Gasteiger partial charge in [0.25, 0.3) is 0 Å². The molecule has 1 saturated carbocycles. The third kappa shape index (κ3) is 2.86. The Morgan fingerprint density at radius 3 is 3.05 bits per heavy atom. The number of nitrogens with one attached hydrogen (secondary N) is 1. The predicted molar refractivity (Wildman–Crippen MR) is 77.2 cm³/mol. The van der Waals surface area contributed by atoms with Crippen LogP contribution in [-0.4, -0.2) is 15.6 Å². The molecule has 1 N–H and O–H groups in total. The maximum Gasteiger partial charge on any atom is 0.142 e. The molecule has 0 amide bonds. The number of halogens is 2. The summed E-state index contributed by atoms with van der Waals surface area (Å²) >= 11 is 5.69. The summed E-state index contributed by atoms with van der Waals surface area (Å²) < 4.78 is 15.6. The van der Waals surface area contributed by atoms with Crippen LogP contribution in [0.3, 0.4) is 0 Å². The number of imidazole rings is 1. The van der Waals surface area contributed by atoms with Crippen molar-refractivity contribution in [3.63, 3.8) is 0 Å². The Kier molecular flexibility index (Phi) is 4.03. The molecule has 1 aliphatic carbocycles. The van der Waals surface area contributed by atoms with E-state index in [1.54, 1.807) is 6.07 Å². The van der Waals surface area contributed by atoms with Gasteiger partial charge in [-0.25, -0.2) is 9.37 Å². The number of aromatic nitrogens is 2. The van der Waals surface area contributed by atoms with Crippen molar-refractivity contribution in [2.45, 2.75) is 37.9 Å². The molecule has 3 rings (SSSR count). The normalized spacial score (nSPS) is 22.3. The van der Waals surface area contributed by atoms with Crippen LogP contribution in [0.4, 0.5) is 4.39 Å². The van der Waals surface area contributed by atoms with Gasteiger partial charge in [0.05, 0.1) is 11.3 Å². The van der Waals surface area contributed by atoms with Crippen LogP contribution in [0, 0.1) is 5.82 Å². The zero-order valence-electron chi connectivity index (χ0n) is 11.1. The summed E-state index contributed by atoms with van der Waals surface area (Å²) in [6.07, 6.45) is 9.18. The first kappa shape index (κ1) is 13.6. The van der Waals surface area contributed by atoms with Gasteiger partial charge in [-0.1, -0.05) is 17.7 Å². The van der Waals surface area contributed by atoms with E-state index >= 15 is 0 Å². The van der Waals surface area contributed by atoms with E-state index < -0.39 is 0 Å². The molecule has 0 spiro atoms. The number of hydrogen-bond donors (Lipinski definition) is 1. The summed E-state index contributed by atoms with van der Waals surface area (Å²) in [6, 6.07) is 5.81. The topological polar surface area (TPSA) is 29.9 Å². The predicted octanol–water partition coefficient (Wildman–Crippen LogP) is 3.56. The van der Waals surface area contributed by atoms with Gasteiger partial charge < -0.3 is 9.88 Å². The van der Waals surface area contributed by atoms with Crippen molar-refractivity contribution < 1.29 is 4.39 Å². The van der Waals surface area contributed by atoms with Crippen molar-refractivity contribution in [3.05, 3.63) is 53.3 Å². The summed E-state index contributed by atoms with van der Waals surface area (Å²) in [7, 11) is 0. The zero-order chi connectivity index (χ0) is 13.9. The Morgan fingerprint density at radius 2 is 2.30 bits per heavy atom. The number of hydrogen-bond acceptors (Lipinski definition) is 2. The number of benzene rings is 1. The summed E-state index contributed by atoms with van der Waals surface area (Å²) in [5.41, 5.74) is 0.920. The van der Waals surface area contributed by atoms with Gasteiger partial charge >= 0.3 is 0 Å². The summed E-state index contributed by atoms with van der Waals surface area (Å²) in [4.78, 5) is 4.11. The van der Waals surface area contributed by atoms with Crippen LogP contribution in [0.2, 0.25) is 5.02 Å². The highest BCUT2D eigenvalue weighted by molar-refractivity contribution is 6.30. The fraction of sp³-hybridized carbons (Fsp3) is 0.400. The molecule has 1 aliphatic rings. The molecular formula is C15H17ClFN3. The van der Waals surface area contributed by atoms with E-state index in [2.05, 4.69) is 14.9 Å². The van der Waals surface area contributed by atoms with Crippen molar-refractivity contribution in [2.24, 2.45) is 0 Å². The lowest BCUT2D eigenvalue weighted by atomic mass is 10.1. The highest BCUT2D eigenvalue weighted by Crippen LogP contribution is 2.30. The largest absolute Gasteiger partial charge is 0.333 e. The van der Waals surface area contributed by atoms with E-state index in [1.165, 1.54) is 12.5 Å². The molecule has 5 heteroatoms. The van der Waals surface area contributed by atoms with Gasteiger partial charge in [-0.05, 0) is 37.0 Å². The van der Waals surface area contributed by atoms with E-state index in [9.17, 15) is 4.39 Å². The minimum atomic E-state index is -0.358. The van der Waals surface area contributed by atoms with E-state index in [4.69, 9.17) is 11.6 Å². The lowest BCUT2D eigenvalue weighted by Gasteiger charge is -2.22. The molecule has 1 aromatic heterocycles. The average Bonchev–Trinajstić information content (AvgIpc) is 3.09. The van der Waals surface area contributed by atoms with E-state index in [0.29, 0.717) is 18.6 Å². The van der Waals surface area contributed by atoms with Crippen molar-refractivity contribution in [1.29, 1.82) is 0 Å². The van der Waals surface area contributed by atoms with E-state index in [0.717, 1.165) is 18.4 Å². The molecule has 1 fully saturated rings. The van der Waals surface area contributed by atoms with Crippen LogP contribution in [0.25, 0.3) is 0 Å². The molecule has 20 heavy (non-hydrogen) atoms. The molecule has 1 aromatic carbocycles. The van der Waals surface area contributed by atoms with Crippen molar-refractivity contribution >= 4 is 11.6 Å². The molecular weight excluding hydrogens is 277 g/mol. The standard InChI is InChI=1S/C15H17ClFN3/c16-12-5-4-11(8-13(12)17)9-19-14-2-1-3-15(14)20-7-6-18-10-20/h4-8,10,14-15,19H,1-3,9H2. The summed E-state index contributed by atoms with van der Waals surface area (Å²) in [6.45, 7) is 0.657. The minimum Gasteiger partial charge on any atom is -0.333 e. The molecule has 0 bridgehead atoms. The first-order chi connectivity index (χ1) is 9.74. The Bertz CT molecular complexity index is 571. The van der Waals surface area contributed by atoms with Gasteiger partial charge in [-0.15, -0.1) is 0 Å². The van der Waals surface area contributed by atoms with Crippen LogP contribution in [0.5, 0.6) is 0 Å². The Balaban J connectivity index is 1.64. The van der Waals surface area contributed by atoms with Gasteiger partial charge in [0.15, 0.2) is 0 Å². The Morgan fingerprint density at radius 1 is 1.40 bits per heavy atom. The fourth-order valence-electron chi connectivity index (χ4n) is 2.90. The summed E-state index contributed by atoms with van der Waals surface area (Å²) in [5, 5.41) is 3.70. The minimum absolute atomic E-state index is 0.172. The summed E-state index contributed by atoms with van der Waals surface area (Å²) in [5.74, 6) is -0.358. The lowest BCUT2D eigenvalue weighted by Crippen LogP contribution is -2.33. The Hall–Kier alpha value is -1.39. The zero-order valence-corrected chi connectivity index (χ0v) is 11.9. The second kappa shape index (κ2) is 5.94. The van der Waals surface area contributed by atoms with Crippen LogP contribution in [0.15, 0.2) is 36.9 Å². The van der Waals surface area contributed by atoms with Crippen molar-refractivity contribution in [1.82, 2.24) is 14.9 Å². The van der Waals surface area contributed by atoms with Gasteiger partial charge in [0.2, 0.25) is 0 Å². The molecule has 106 valence electrons. The average molecular weight is 294 g/mol. The van der Waals surface area contributed by atoms with Crippen molar-refractivity contribution in [3.8, 4) is 0 Å². The highest BCUT2D eigenvalue weighted by Gasteiger charge is 2.27. The maximum absolute atomic E-state index is 13.4. The van der Waals surface area contributed by atoms with Gasteiger partial charge in [-0.2, -0.15) is 0 Å². The Labute approximate surface area is 122 Å². The van der Waals surface area contributed by atoms with Gasteiger partial charge in [-0.3, -0.25) is 0 Å². The molecule has 2 aromatic rings. The third-order valence-corrected chi connectivity index (χ3v) is 4.25. The molecule has 0 radical (unpaired) electrons.